The molecule has 2 aliphatic heterocycles. The summed E-state index contributed by atoms with van der Waals surface area (Å²) in [5, 5.41) is 0. The van der Waals surface area contributed by atoms with Crippen molar-refractivity contribution in [1.29, 1.82) is 0 Å². The van der Waals surface area contributed by atoms with Crippen LogP contribution in [0.1, 0.15) is 12.8 Å². The van der Waals surface area contributed by atoms with Crippen molar-refractivity contribution >= 4 is 23.9 Å². The number of fused-ring (bicyclic) bond motifs is 5. The molecule has 3 aliphatic rings. The monoisotopic (exact) mass is 224 g/mol. The summed E-state index contributed by atoms with van der Waals surface area (Å²) in [5.74, 6) is -4.83. The van der Waals surface area contributed by atoms with Crippen molar-refractivity contribution in [3.63, 3.8) is 0 Å². The fraction of sp³-hybridized carbons (Fsp3) is 0.600. The molecular formula is C10H8O6. The second kappa shape index (κ2) is 2.90. The van der Waals surface area contributed by atoms with E-state index in [2.05, 4.69) is 9.47 Å². The average molecular weight is 224 g/mol. The molecule has 0 aromatic heterocycles. The third kappa shape index (κ3) is 1.07. The average Bonchev–Trinajstić information content (AvgIpc) is 2.52. The van der Waals surface area contributed by atoms with E-state index in [0.717, 1.165) is 0 Å². The summed E-state index contributed by atoms with van der Waals surface area (Å²) < 4.78 is 9.05. The topological polar surface area (TPSA) is 86.7 Å². The molecule has 1 saturated carbocycles. The first kappa shape index (κ1) is 9.50. The Morgan fingerprint density at radius 3 is 2.31 bits per heavy atom. The van der Waals surface area contributed by atoms with Gasteiger partial charge in [-0.15, -0.1) is 0 Å². The van der Waals surface area contributed by atoms with Crippen LogP contribution >= 0.6 is 0 Å². The Morgan fingerprint density at radius 1 is 0.875 bits per heavy atom. The fourth-order valence-electron chi connectivity index (χ4n) is 2.93. The maximum absolute atomic E-state index is 11.5. The van der Waals surface area contributed by atoms with E-state index in [1.165, 1.54) is 0 Å². The Bertz CT molecular complexity index is 425. The van der Waals surface area contributed by atoms with Crippen molar-refractivity contribution in [3.05, 3.63) is 0 Å². The van der Waals surface area contributed by atoms with E-state index in [1.54, 1.807) is 0 Å². The van der Waals surface area contributed by atoms with Gasteiger partial charge in [-0.25, -0.2) is 0 Å². The van der Waals surface area contributed by atoms with Gasteiger partial charge in [-0.2, -0.15) is 0 Å². The number of carbonyl (C=O) groups is 4. The molecule has 0 amide bonds. The van der Waals surface area contributed by atoms with Crippen molar-refractivity contribution in [2.75, 3.05) is 0 Å². The van der Waals surface area contributed by atoms with E-state index < -0.39 is 47.5 Å². The Hall–Kier alpha value is -1.72. The lowest BCUT2D eigenvalue weighted by Crippen LogP contribution is -2.37. The number of esters is 4. The number of carbonyl (C=O) groups excluding carboxylic acids is 4. The highest BCUT2D eigenvalue weighted by Crippen LogP contribution is 2.49. The van der Waals surface area contributed by atoms with Gasteiger partial charge in [-0.1, -0.05) is 0 Å². The minimum absolute atomic E-state index is 0.0138. The van der Waals surface area contributed by atoms with Crippen LogP contribution in [0.15, 0.2) is 0 Å². The zero-order valence-electron chi connectivity index (χ0n) is 8.17. The minimum Gasteiger partial charge on any atom is -0.393 e. The van der Waals surface area contributed by atoms with Gasteiger partial charge in [0.2, 0.25) is 0 Å². The van der Waals surface area contributed by atoms with Gasteiger partial charge in [-0.05, 0) is 12.3 Å². The quantitative estimate of drug-likeness (QED) is 0.404. The lowest BCUT2D eigenvalue weighted by Gasteiger charge is -2.24. The molecule has 3 rings (SSSR count). The SMILES string of the molecule is O=C1C[C@@H]2[C@H](C(=O)O1)[C@H]1C[C@H]2C(=O)OC1=O. The molecule has 3 fully saturated rings. The maximum atomic E-state index is 11.5. The van der Waals surface area contributed by atoms with Crippen LogP contribution in [0.25, 0.3) is 0 Å². The van der Waals surface area contributed by atoms with Crippen molar-refractivity contribution in [3.8, 4) is 0 Å². The van der Waals surface area contributed by atoms with Gasteiger partial charge >= 0.3 is 23.9 Å². The lowest BCUT2D eigenvalue weighted by molar-refractivity contribution is -0.174. The molecular weight excluding hydrogens is 216 g/mol. The first-order valence-electron chi connectivity index (χ1n) is 5.08. The summed E-state index contributed by atoms with van der Waals surface area (Å²) >= 11 is 0. The normalized spacial score (nSPS) is 41.5. The summed E-state index contributed by atoms with van der Waals surface area (Å²) in [4.78, 5) is 45.5. The van der Waals surface area contributed by atoms with Crippen LogP contribution in [0, 0.1) is 23.7 Å². The Balaban J connectivity index is 2.02. The highest BCUT2D eigenvalue weighted by molar-refractivity contribution is 5.99. The smallest absolute Gasteiger partial charge is 0.317 e. The summed E-state index contributed by atoms with van der Waals surface area (Å²) in [5.41, 5.74) is 0. The van der Waals surface area contributed by atoms with Crippen LogP contribution in [0.3, 0.4) is 0 Å². The zero-order chi connectivity index (χ0) is 11.4. The summed E-state index contributed by atoms with van der Waals surface area (Å²) in [6.45, 7) is 0. The molecule has 0 radical (unpaired) electrons. The highest BCUT2D eigenvalue weighted by atomic mass is 16.6. The third-order valence-corrected chi connectivity index (χ3v) is 3.62. The van der Waals surface area contributed by atoms with Gasteiger partial charge in [0, 0.05) is 0 Å². The second-order valence-electron chi connectivity index (χ2n) is 4.38. The van der Waals surface area contributed by atoms with Crippen molar-refractivity contribution in [1.82, 2.24) is 0 Å². The highest BCUT2D eigenvalue weighted by Gasteiger charge is 2.60. The van der Waals surface area contributed by atoms with E-state index in [9.17, 15) is 19.2 Å². The van der Waals surface area contributed by atoms with Gasteiger partial charge in [0.05, 0.1) is 24.2 Å². The molecule has 4 atom stereocenters. The largest absolute Gasteiger partial charge is 0.393 e. The van der Waals surface area contributed by atoms with Crippen LogP contribution < -0.4 is 0 Å². The first-order valence-corrected chi connectivity index (χ1v) is 5.08. The molecule has 84 valence electrons. The molecule has 6 nitrogen and oxygen atoms in total. The standard InChI is InChI=1S/C10H8O6/c11-6-2-3-4-1-5(7(3)10(14)15-6)9(13)16-8(4)12/h3-5,7H,1-2H2/t3-,4+,5+,7-/m0/s1. The van der Waals surface area contributed by atoms with Gasteiger partial charge < -0.3 is 9.47 Å². The van der Waals surface area contributed by atoms with Gasteiger partial charge in [0.25, 0.3) is 0 Å². The van der Waals surface area contributed by atoms with Crippen LogP contribution in [0.4, 0.5) is 0 Å². The van der Waals surface area contributed by atoms with Crippen LogP contribution in [0.5, 0.6) is 0 Å². The van der Waals surface area contributed by atoms with E-state index in [-0.39, 0.29) is 6.42 Å². The molecule has 6 heteroatoms. The zero-order valence-corrected chi connectivity index (χ0v) is 8.17. The Morgan fingerprint density at radius 2 is 1.56 bits per heavy atom. The molecule has 0 aromatic rings. The molecule has 0 N–H and O–H groups in total. The molecule has 0 unspecified atom stereocenters. The van der Waals surface area contributed by atoms with Crippen LogP contribution in [-0.4, -0.2) is 23.9 Å². The number of cyclic esters (lactones) is 4. The van der Waals surface area contributed by atoms with Crippen LogP contribution in [0.2, 0.25) is 0 Å². The fourth-order valence-corrected chi connectivity index (χ4v) is 2.93. The molecule has 0 aromatic carbocycles. The van der Waals surface area contributed by atoms with Gasteiger partial charge in [-0.3, -0.25) is 19.2 Å². The van der Waals surface area contributed by atoms with Crippen molar-refractivity contribution < 1.29 is 28.7 Å². The van der Waals surface area contributed by atoms with Crippen molar-refractivity contribution in [2.45, 2.75) is 12.8 Å². The summed E-state index contributed by atoms with van der Waals surface area (Å²) in [6.07, 6.45) is 0.315. The van der Waals surface area contributed by atoms with Gasteiger partial charge in [0.1, 0.15) is 0 Å². The second-order valence-corrected chi connectivity index (χ2v) is 4.38. The van der Waals surface area contributed by atoms with E-state index in [1.807, 2.05) is 0 Å². The summed E-state index contributed by atoms with van der Waals surface area (Å²) in [7, 11) is 0. The molecule has 2 heterocycles. The molecule has 2 saturated heterocycles. The minimum atomic E-state index is -0.694. The first-order chi connectivity index (χ1) is 7.58. The number of rotatable bonds is 0. The lowest BCUT2D eigenvalue weighted by atomic mass is 9.83. The Labute approximate surface area is 89.9 Å². The number of ether oxygens (including phenoxy) is 2. The predicted octanol–water partition coefficient (Wildman–Crippen LogP) is -0.588. The Kier molecular flexibility index (Phi) is 1.72. The van der Waals surface area contributed by atoms with E-state index >= 15 is 0 Å². The summed E-state index contributed by atoms with van der Waals surface area (Å²) in [6, 6.07) is 0. The van der Waals surface area contributed by atoms with Crippen LogP contribution in [-0.2, 0) is 28.7 Å². The van der Waals surface area contributed by atoms with E-state index in [0.29, 0.717) is 6.42 Å². The van der Waals surface area contributed by atoms with Crippen molar-refractivity contribution in [2.24, 2.45) is 23.7 Å². The van der Waals surface area contributed by atoms with Gasteiger partial charge in [0.15, 0.2) is 0 Å². The molecule has 16 heavy (non-hydrogen) atoms. The molecule has 1 aliphatic carbocycles. The third-order valence-electron chi connectivity index (χ3n) is 3.62. The van der Waals surface area contributed by atoms with E-state index in [4.69, 9.17) is 0 Å². The maximum Gasteiger partial charge on any atom is 0.317 e. The molecule has 0 spiro atoms. The predicted molar refractivity (Wildman–Crippen MR) is 45.4 cm³/mol. The number of hydrogen-bond acceptors (Lipinski definition) is 6. The molecule has 2 bridgehead atoms. The number of hydrogen-bond donors (Lipinski definition) is 0.